The molecule has 2 N–H and O–H groups in total. The maximum absolute atomic E-state index is 8.86. The molecule has 10 heavy (non-hydrogen) atoms. The number of hydrogen-bond donors (Lipinski definition) is 2. The third-order valence-corrected chi connectivity index (χ3v) is 1.97. The molecule has 0 unspecified atom stereocenters. The molecule has 1 aliphatic heterocycles. The van der Waals surface area contributed by atoms with E-state index in [2.05, 4.69) is 5.32 Å². The van der Waals surface area contributed by atoms with Gasteiger partial charge in [-0.15, -0.1) is 0 Å². The van der Waals surface area contributed by atoms with E-state index >= 15 is 0 Å². The van der Waals surface area contributed by atoms with E-state index in [1.54, 1.807) is 0 Å². The SMILES string of the molecule is CC1(C)NCCO[C@H]1CO. The Labute approximate surface area is 61.4 Å². The predicted molar refractivity (Wildman–Crippen MR) is 38.9 cm³/mol. The molecule has 1 heterocycles. The number of rotatable bonds is 1. The lowest BCUT2D eigenvalue weighted by atomic mass is 9.96. The van der Waals surface area contributed by atoms with Crippen molar-refractivity contribution in [2.24, 2.45) is 0 Å². The molecule has 60 valence electrons. The van der Waals surface area contributed by atoms with Gasteiger partial charge in [0, 0.05) is 12.1 Å². The quantitative estimate of drug-likeness (QED) is 0.534. The topological polar surface area (TPSA) is 41.5 Å². The first kappa shape index (κ1) is 7.98. The van der Waals surface area contributed by atoms with Crippen LogP contribution in [0, 0.1) is 0 Å². The lowest BCUT2D eigenvalue weighted by Crippen LogP contribution is -2.57. The number of nitrogens with one attached hydrogen (secondary N) is 1. The van der Waals surface area contributed by atoms with Gasteiger partial charge in [0.1, 0.15) is 0 Å². The van der Waals surface area contributed by atoms with Gasteiger partial charge in [-0.05, 0) is 13.8 Å². The van der Waals surface area contributed by atoms with Crippen LogP contribution in [0.25, 0.3) is 0 Å². The first-order valence-electron chi connectivity index (χ1n) is 3.64. The predicted octanol–water partition coefficient (Wildman–Crippen LogP) is -0.254. The molecule has 1 aliphatic rings. The molecule has 0 saturated carbocycles. The number of aliphatic hydroxyl groups excluding tert-OH is 1. The molecule has 1 fully saturated rings. The highest BCUT2D eigenvalue weighted by Crippen LogP contribution is 2.15. The Morgan fingerprint density at radius 1 is 1.70 bits per heavy atom. The maximum atomic E-state index is 8.86. The molecule has 1 saturated heterocycles. The number of aliphatic hydroxyl groups is 1. The van der Waals surface area contributed by atoms with Gasteiger partial charge in [0.15, 0.2) is 0 Å². The second kappa shape index (κ2) is 2.86. The first-order chi connectivity index (χ1) is 4.67. The average molecular weight is 145 g/mol. The van der Waals surface area contributed by atoms with Crippen LogP contribution in [0.5, 0.6) is 0 Å². The fourth-order valence-electron chi connectivity index (χ4n) is 1.18. The maximum Gasteiger partial charge on any atom is 0.0981 e. The summed E-state index contributed by atoms with van der Waals surface area (Å²) in [5.41, 5.74) is -0.0764. The Kier molecular flexibility index (Phi) is 2.28. The minimum absolute atomic E-state index is 0.0544. The van der Waals surface area contributed by atoms with E-state index < -0.39 is 0 Å². The van der Waals surface area contributed by atoms with Crippen molar-refractivity contribution in [1.82, 2.24) is 5.32 Å². The Morgan fingerprint density at radius 3 is 2.80 bits per heavy atom. The molecule has 0 bridgehead atoms. The number of morpholine rings is 1. The van der Waals surface area contributed by atoms with Gasteiger partial charge in [-0.1, -0.05) is 0 Å². The molecule has 1 atom stereocenters. The van der Waals surface area contributed by atoms with Crippen molar-refractivity contribution in [3.63, 3.8) is 0 Å². The number of hydrogen-bond acceptors (Lipinski definition) is 3. The molecule has 0 spiro atoms. The summed E-state index contributed by atoms with van der Waals surface area (Å²) in [6.45, 7) is 5.75. The molecule has 0 aliphatic carbocycles. The van der Waals surface area contributed by atoms with Crippen LogP contribution >= 0.6 is 0 Å². The van der Waals surface area contributed by atoms with Gasteiger partial charge < -0.3 is 15.2 Å². The zero-order valence-corrected chi connectivity index (χ0v) is 6.55. The van der Waals surface area contributed by atoms with Crippen molar-refractivity contribution >= 4 is 0 Å². The molecule has 0 aromatic heterocycles. The van der Waals surface area contributed by atoms with Crippen LogP contribution in [0.15, 0.2) is 0 Å². The van der Waals surface area contributed by atoms with Gasteiger partial charge in [-0.2, -0.15) is 0 Å². The smallest absolute Gasteiger partial charge is 0.0981 e. The highest BCUT2D eigenvalue weighted by Gasteiger charge is 2.31. The van der Waals surface area contributed by atoms with Crippen molar-refractivity contribution in [3.05, 3.63) is 0 Å². The lowest BCUT2D eigenvalue weighted by molar-refractivity contribution is -0.0636. The summed E-state index contributed by atoms with van der Waals surface area (Å²) in [4.78, 5) is 0. The fraction of sp³-hybridized carbons (Fsp3) is 1.00. The molecule has 0 radical (unpaired) electrons. The molecule has 1 rings (SSSR count). The molecule has 3 heteroatoms. The van der Waals surface area contributed by atoms with Gasteiger partial charge >= 0.3 is 0 Å². The standard InChI is InChI=1S/C7H15NO2/c1-7(2)6(5-9)10-4-3-8-7/h6,8-9H,3-5H2,1-2H3/t6-/m0/s1. The normalized spacial score (nSPS) is 32.1. The van der Waals surface area contributed by atoms with Gasteiger partial charge in [0.25, 0.3) is 0 Å². The van der Waals surface area contributed by atoms with E-state index in [1.807, 2.05) is 13.8 Å². The van der Waals surface area contributed by atoms with Gasteiger partial charge in [-0.3, -0.25) is 0 Å². The summed E-state index contributed by atoms with van der Waals surface area (Å²) < 4.78 is 5.33. The van der Waals surface area contributed by atoms with E-state index in [0.717, 1.165) is 6.54 Å². The van der Waals surface area contributed by atoms with Crippen LogP contribution in [0.2, 0.25) is 0 Å². The monoisotopic (exact) mass is 145 g/mol. The van der Waals surface area contributed by atoms with Crippen LogP contribution < -0.4 is 5.32 Å². The van der Waals surface area contributed by atoms with E-state index in [-0.39, 0.29) is 18.2 Å². The van der Waals surface area contributed by atoms with E-state index in [1.165, 1.54) is 0 Å². The van der Waals surface area contributed by atoms with Gasteiger partial charge in [0.05, 0.1) is 19.3 Å². The molecular weight excluding hydrogens is 130 g/mol. The zero-order chi connectivity index (χ0) is 7.61. The van der Waals surface area contributed by atoms with Crippen molar-refractivity contribution in [1.29, 1.82) is 0 Å². The summed E-state index contributed by atoms with van der Waals surface area (Å²) >= 11 is 0. The fourth-order valence-corrected chi connectivity index (χ4v) is 1.18. The minimum Gasteiger partial charge on any atom is -0.394 e. The van der Waals surface area contributed by atoms with Crippen molar-refractivity contribution in [3.8, 4) is 0 Å². The van der Waals surface area contributed by atoms with Crippen LogP contribution in [-0.4, -0.2) is 36.5 Å². The largest absolute Gasteiger partial charge is 0.394 e. The van der Waals surface area contributed by atoms with Crippen LogP contribution in [0.4, 0.5) is 0 Å². The summed E-state index contributed by atoms with van der Waals surface area (Å²) in [6, 6.07) is 0. The van der Waals surface area contributed by atoms with E-state index in [4.69, 9.17) is 9.84 Å². The van der Waals surface area contributed by atoms with Crippen molar-refractivity contribution in [2.75, 3.05) is 19.8 Å². The zero-order valence-electron chi connectivity index (χ0n) is 6.55. The summed E-state index contributed by atoms with van der Waals surface area (Å²) in [5.74, 6) is 0. The third kappa shape index (κ3) is 1.48. The van der Waals surface area contributed by atoms with Crippen LogP contribution in [-0.2, 0) is 4.74 Å². The summed E-state index contributed by atoms with van der Waals surface area (Å²) in [7, 11) is 0. The Morgan fingerprint density at radius 2 is 2.40 bits per heavy atom. The highest BCUT2D eigenvalue weighted by molar-refractivity contribution is 4.89. The van der Waals surface area contributed by atoms with Crippen LogP contribution in [0.3, 0.4) is 0 Å². The van der Waals surface area contributed by atoms with Crippen LogP contribution in [0.1, 0.15) is 13.8 Å². The lowest BCUT2D eigenvalue weighted by Gasteiger charge is -2.38. The Hall–Kier alpha value is -0.120. The third-order valence-electron chi connectivity index (χ3n) is 1.97. The van der Waals surface area contributed by atoms with Gasteiger partial charge in [0.2, 0.25) is 0 Å². The van der Waals surface area contributed by atoms with E-state index in [0.29, 0.717) is 6.61 Å². The molecule has 3 nitrogen and oxygen atoms in total. The number of ether oxygens (including phenoxy) is 1. The van der Waals surface area contributed by atoms with E-state index in [9.17, 15) is 0 Å². The average Bonchev–Trinajstić information content (AvgIpc) is 1.87. The van der Waals surface area contributed by atoms with Crippen molar-refractivity contribution < 1.29 is 9.84 Å². The van der Waals surface area contributed by atoms with Crippen molar-refractivity contribution in [2.45, 2.75) is 25.5 Å². The Bertz CT molecular complexity index is 114. The Balaban J connectivity index is 2.51. The molecule has 0 aromatic carbocycles. The second-order valence-electron chi connectivity index (χ2n) is 3.19. The van der Waals surface area contributed by atoms with Gasteiger partial charge in [-0.25, -0.2) is 0 Å². The second-order valence-corrected chi connectivity index (χ2v) is 3.19. The molecular formula is C7H15NO2. The first-order valence-corrected chi connectivity index (χ1v) is 3.64. The minimum atomic E-state index is -0.0764. The highest BCUT2D eigenvalue weighted by atomic mass is 16.5. The summed E-state index contributed by atoms with van der Waals surface area (Å²) in [6.07, 6.45) is -0.0544. The molecule has 0 aromatic rings. The summed E-state index contributed by atoms with van der Waals surface area (Å²) in [5, 5.41) is 12.1. The molecule has 0 amide bonds.